The topological polar surface area (TPSA) is 85.2 Å². The van der Waals surface area contributed by atoms with Gasteiger partial charge in [-0.1, -0.05) is 71.9 Å². The van der Waals surface area contributed by atoms with Crippen LogP contribution in [0.5, 0.6) is 0 Å². The van der Waals surface area contributed by atoms with Crippen LogP contribution < -0.4 is 5.73 Å². The van der Waals surface area contributed by atoms with Crippen molar-refractivity contribution in [2.75, 3.05) is 6.54 Å². The zero-order valence-electron chi connectivity index (χ0n) is 14.3. The van der Waals surface area contributed by atoms with Crippen molar-refractivity contribution in [3.63, 3.8) is 0 Å². The van der Waals surface area contributed by atoms with Crippen LogP contribution in [0.1, 0.15) is 17.5 Å². The van der Waals surface area contributed by atoms with Gasteiger partial charge in [0.25, 0.3) is 0 Å². The number of rotatable bonds is 7. The Labute approximate surface area is 151 Å². The Bertz CT molecular complexity index is 862. The molecule has 2 aromatic carbocycles. The van der Waals surface area contributed by atoms with Gasteiger partial charge in [0.15, 0.2) is 0 Å². The van der Waals surface area contributed by atoms with E-state index in [0.29, 0.717) is 18.3 Å². The van der Waals surface area contributed by atoms with Crippen LogP contribution in [-0.2, 0) is 11.3 Å². The van der Waals surface area contributed by atoms with Crippen molar-refractivity contribution in [3.05, 3.63) is 84.8 Å². The molecule has 2 N–H and O–H groups in total. The quantitative estimate of drug-likeness (QED) is 0.664. The molecule has 0 aliphatic rings. The number of carbonyl (C=O) groups excluding carboxylic acids is 1. The number of hydrogen-bond acceptors (Lipinski definition) is 5. The lowest BCUT2D eigenvalue weighted by Crippen LogP contribution is -2.38. The van der Waals surface area contributed by atoms with Crippen LogP contribution in [0.2, 0.25) is 0 Å². The van der Waals surface area contributed by atoms with Gasteiger partial charge in [-0.05, 0) is 5.56 Å². The molecule has 0 saturated heterocycles. The van der Waals surface area contributed by atoms with Crippen LogP contribution >= 0.6 is 0 Å². The van der Waals surface area contributed by atoms with E-state index < -0.39 is 6.04 Å². The molecule has 0 bridgehead atoms. The highest BCUT2D eigenvalue weighted by atomic mass is 16.5. The second kappa shape index (κ2) is 8.22. The Morgan fingerprint density at radius 2 is 1.81 bits per heavy atom. The minimum absolute atomic E-state index is 0.172. The van der Waals surface area contributed by atoms with E-state index in [2.05, 4.69) is 16.7 Å². The van der Waals surface area contributed by atoms with E-state index in [-0.39, 0.29) is 12.5 Å². The molecule has 0 spiro atoms. The standard InChI is InChI=1S/C20H20N4O2/c1-2-13-24(20(25)18(21)15-9-5-3-6-10-15)14-17-22-19(23-26-17)16-11-7-4-8-12-16/h2-12,18H,1,13-14,21H2/t18-/m1/s1. The Morgan fingerprint density at radius 3 is 2.46 bits per heavy atom. The maximum Gasteiger partial charge on any atom is 0.246 e. The van der Waals surface area contributed by atoms with E-state index in [0.717, 1.165) is 11.1 Å². The summed E-state index contributed by atoms with van der Waals surface area (Å²) >= 11 is 0. The lowest BCUT2D eigenvalue weighted by Gasteiger charge is -2.23. The molecule has 0 aliphatic carbocycles. The van der Waals surface area contributed by atoms with Gasteiger partial charge in [0.2, 0.25) is 17.6 Å². The molecule has 1 aromatic heterocycles. The molecule has 0 radical (unpaired) electrons. The minimum Gasteiger partial charge on any atom is -0.337 e. The Morgan fingerprint density at radius 1 is 1.15 bits per heavy atom. The number of nitrogens with two attached hydrogens (primary N) is 1. The maximum absolute atomic E-state index is 12.8. The lowest BCUT2D eigenvalue weighted by molar-refractivity contribution is -0.133. The number of nitrogens with zero attached hydrogens (tertiary/aromatic N) is 3. The van der Waals surface area contributed by atoms with Crippen molar-refractivity contribution >= 4 is 5.91 Å². The van der Waals surface area contributed by atoms with Crippen LogP contribution in [0.15, 0.2) is 77.8 Å². The van der Waals surface area contributed by atoms with Crippen LogP contribution in [0.3, 0.4) is 0 Å². The summed E-state index contributed by atoms with van der Waals surface area (Å²) in [7, 11) is 0. The van der Waals surface area contributed by atoms with Gasteiger partial charge < -0.3 is 15.2 Å². The van der Waals surface area contributed by atoms with Gasteiger partial charge in [0.1, 0.15) is 12.6 Å². The summed E-state index contributed by atoms with van der Waals surface area (Å²) in [4.78, 5) is 18.7. The van der Waals surface area contributed by atoms with Gasteiger partial charge in [0, 0.05) is 12.1 Å². The highest BCUT2D eigenvalue weighted by Crippen LogP contribution is 2.18. The molecular weight excluding hydrogens is 328 g/mol. The lowest BCUT2D eigenvalue weighted by atomic mass is 10.1. The fourth-order valence-corrected chi connectivity index (χ4v) is 2.57. The number of amides is 1. The number of hydrogen-bond donors (Lipinski definition) is 1. The van der Waals surface area contributed by atoms with E-state index in [1.165, 1.54) is 0 Å². The van der Waals surface area contributed by atoms with Crippen LogP contribution in [0.25, 0.3) is 11.4 Å². The van der Waals surface area contributed by atoms with Crippen LogP contribution in [-0.4, -0.2) is 27.5 Å². The van der Waals surface area contributed by atoms with Gasteiger partial charge in [-0.15, -0.1) is 6.58 Å². The first kappa shape index (κ1) is 17.6. The molecule has 1 atom stereocenters. The molecule has 0 saturated carbocycles. The Kier molecular flexibility index (Phi) is 5.56. The highest BCUT2D eigenvalue weighted by Gasteiger charge is 2.23. The van der Waals surface area contributed by atoms with Crippen molar-refractivity contribution < 1.29 is 9.32 Å². The fraction of sp³-hybridized carbons (Fsp3) is 0.150. The first-order valence-corrected chi connectivity index (χ1v) is 8.27. The summed E-state index contributed by atoms with van der Waals surface area (Å²) in [6.07, 6.45) is 1.64. The van der Waals surface area contributed by atoms with Crippen molar-refractivity contribution in [2.24, 2.45) is 5.73 Å². The third-order valence-corrected chi connectivity index (χ3v) is 3.91. The van der Waals surface area contributed by atoms with Crippen LogP contribution in [0.4, 0.5) is 0 Å². The second-order valence-electron chi connectivity index (χ2n) is 5.77. The molecule has 0 aliphatic heterocycles. The molecule has 6 nitrogen and oxygen atoms in total. The first-order valence-electron chi connectivity index (χ1n) is 8.27. The van der Waals surface area contributed by atoms with Gasteiger partial charge in [-0.3, -0.25) is 4.79 Å². The van der Waals surface area contributed by atoms with E-state index in [1.54, 1.807) is 11.0 Å². The first-order chi connectivity index (χ1) is 12.7. The smallest absolute Gasteiger partial charge is 0.246 e. The Balaban J connectivity index is 1.75. The maximum atomic E-state index is 12.8. The normalized spacial score (nSPS) is 11.7. The SMILES string of the molecule is C=CCN(Cc1nc(-c2ccccc2)no1)C(=O)[C@H](N)c1ccccc1. The van der Waals surface area contributed by atoms with E-state index in [4.69, 9.17) is 10.3 Å². The summed E-state index contributed by atoms with van der Waals surface area (Å²) < 4.78 is 5.30. The van der Waals surface area contributed by atoms with Gasteiger partial charge in [0.05, 0.1) is 0 Å². The van der Waals surface area contributed by atoms with Crippen LogP contribution in [0, 0.1) is 0 Å². The predicted molar refractivity (Wildman–Crippen MR) is 98.7 cm³/mol. The third-order valence-electron chi connectivity index (χ3n) is 3.91. The largest absolute Gasteiger partial charge is 0.337 e. The third kappa shape index (κ3) is 4.04. The van der Waals surface area contributed by atoms with Gasteiger partial charge in [-0.2, -0.15) is 4.98 Å². The molecule has 0 fully saturated rings. The van der Waals surface area contributed by atoms with E-state index >= 15 is 0 Å². The van der Waals surface area contributed by atoms with E-state index in [9.17, 15) is 4.79 Å². The molecule has 1 heterocycles. The summed E-state index contributed by atoms with van der Waals surface area (Å²) in [5.41, 5.74) is 7.73. The number of benzene rings is 2. The molecule has 6 heteroatoms. The van der Waals surface area contributed by atoms with E-state index in [1.807, 2.05) is 60.7 Å². The van der Waals surface area contributed by atoms with Gasteiger partial charge >= 0.3 is 0 Å². The van der Waals surface area contributed by atoms with Crippen molar-refractivity contribution in [2.45, 2.75) is 12.6 Å². The monoisotopic (exact) mass is 348 g/mol. The molecule has 132 valence electrons. The summed E-state index contributed by atoms with van der Waals surface area (Å²) in [6, 6.07) is 18.0. The Hall–Kier alpha value is -3.25. The highest BCUT2D eigenvalue weighted by molar-refractivity contribution is 5.83. The molecular formula is C20H20N4O2. The molecule has 26 heavy (non-hydrogen) atoms. The average Bonchev–Trinajstić information content (AvgIpc) is 3.16. The van der Waals surface area contributed by atoms with Crippen molar-refractivity contribution in [3.8, 4) is 11.4 Å². The second-order valence-corrected chi connectivity index (χ2v) is 5.77. The minimum atomic E-state index is -0.757. The summed E-state index contributed by atoms with van der Waals surface area (Å²) in [5.74, 6) is 0.605. The zero-order valence-corrected chi connectivity index (χ0v) is 14.3. The average molecular weight is 348 g/mol. The predicted octanol–water partition coefficient (Wildman–Crippen LogP) is 2.95. The summed E-state index contributed by atoms with van der Waals surface area (Å²) in [5, 5.41) is 3.98. The van der Waals surface area contributed by atoms with Crippen molar-refractivity contribution in [1.29, 1.82) is 0 Å². The van der Waals surface area contributed by atoms with Gasteiger partial charge in [-0.25, -0.2) is 0 Å². The molecule has 0 unspecified atom stereocenters. The molecule has 3 aromatic rings. The zero-order chi connectivity index (χ0) is 18.4. The summed E-state index contributed by atoms with van der Waals surface area (Å²) in [6.45, 7) is 4.22. The van der Waals surface area contributed by atoms with Crippen molar-refractivity contribution in [1.82, 2.24) is 15.0 Å². The fourth-order valence-electron chi connectivity index (χ4n) is 2.57. The molecule has 3 rings (SSSR count). The molecule has 1 amide bonds. The number of aromatic nitrogens is 2. The number of carbonyl (C=O) groups is 1.